The third-order valence-corrected chi connectivity index (χ3v) is 5.78. The lowest BCUT2D eigenvalue weighted by molar-refractivity contribution is 0.379. The number of hydrogen-bond donors (Lipinski definition) is 1. The van der Waals surface area contributed by atoms with Gasteiger partial charge in [0.05, 0.1) is 16.5 Å². The maximum Gasteiger partial charge on any atom is 0.240 e. The molecule has 2 heterocycles. The minimum atomic E-state index is -3.64. The van der Waals surface area contributed by atoms with E-state index in [2.05, 4.69) is 30.2 Å². The van der Waals surface area contributed by atoms with E-state index in [0.29, 0.717) is 16.6 Å². The molecule has 0 saturated heterocycles. The average Bonchev–Trinajstić information content (AvgIpc) is 3.00. The summed E-state index contributed by atoms with van der Waals surface area (Å²) in [5, 5.41) is 8.96. The standard InChI is InChI=1S/C15H15BrN4O2S/c16-13-5-12(9-17)6-14(8-13)23(21,22)19-10-11-1-3-20-4-2-18-15(20)7-11/h2,4-6,8,11,19H,1,3,7,10H2. The normalized spacial score (nSPS) is 17.5. The molecule has 0 saturated carbocycles. The summed E-state index contributed by atoms with van der Waals surface area (Å²) in [5.74, 6) is 1.22. The second-order valence-electron chi connectivity index (χ2n) is 5.53. The number of fused-ring (bicyclic) bond motifs is 1. The van der Waals surface area contributed by atoms with Gasteiger partial charge in [0.15, 0.2) is 0 Å². The summed E-state index contributed by atoms with van der Waals surface area (Å²) >= 11 is 3.23. The van der Waals surface area contributed by atoms with Gasteiger partial charge >= 0.3 is 0 Å². The second-order valence-corrected chi connectivity index (χ2v) is 8.22. The van der Waals surface area contributed by atoms with Gasteiger partial charge in [-0.05, 0) is 30.5 Å². The third-order valence-electron chi connectivity index (χ3n) is 3.92. The Morgan fingerprint density at radius 1 is 1.43 bits per heavy atom. The van der Waals surface area contributed by atoms with Crippen molar-refractivity contribution >= 4 is 26.0 Å². The Morgan fingerprint density at radius 2 is 2.26 bits per heavy atom. The quantitative estimate of drug-likeness (QED) is 0.859. The topological polar surface area (TPSA) is 87.8 Å². The zero-order valence-corrected chi connectivity index (χ0v) is 14.6. The maximum absolute atomic E-state index is 12.4. The molecule has 8 heteroatoms. The van der Waals surface area contributed by atoms with Crippen LogP contribution in [0.3, 0.4) is 0 Å². The molecule has 3 rings (SSSR count). The molecular formula is C15H15BrN4O2S. The molecule has 1 N–H and O–H groups in total. The van der Waals surface area contributed by atoms with Gasteiger partial charge < -0.3 is 4.57 Å². The molecule has 0 spiro atoms. The van der Waals surface area contributed by atoms with Crippen molar-refractivity contribution in [1.82, 2.24) is 14.3 Å². The number of nitriles is 1. The summed E-state index contributed by atoms with van der Waals surface area (Å²) in [6.07, 6.45) is 5.39. The molecule has 1 atom stereocenters. The van der Waals surface area contributed by atoms with E-state index in [9.17, 15) is 8.42 Å². The van der Waals surface area contributed by atoms with E-state index in [1.807, 2.05) is 12.3 Å². The number of aryl methyl sites for hydroxylation is 1. The molecule has 1 aliphatic heterocycles. The molecule has 0 bridgehead atoms. The van der Waals surface area contributed by atoms with Crippen LogP contribution in [0, 0.1) is 17.2 Å². The highest BCUT2D eigenvalue weighted by Crippen LogP contribution is 2.21. The van der Waals surface area contributed by atoms with Crippen LogP contribution in [0.15, 0.2) is 40.0 Å². The van der Waals surface area contributed by atoms with Crippen molar-refractivity contribution in [2.45, 2.75) is 24.3 Å². The number of benzene rings is 1. The molecule has 1 aromatic carbocycles. The van der Waals surface area contributed by atoms with Crippen LogP contribution < -0.4 is 4.72 Å². The Hall–Kier alpha value is -1.69. The predicted octanol–water partition coefficient (Wildman–Crippen LogP) is 2.06. The van der Waals surface area contributed by atoms with E-state index in [0.717, 1.165) is 25.2 Å². The fourth-order valence-corrected chi connectivity index (χ4v) is 4.51. The summed E-state index contributed by atoms with van der Waals surface area (Å²) in [5.41, 5.74) is 0.305. The van der Waals surface area contributed by atoms with E-state index in [1.54, 1.807) is 12.3 Å². The van der Waals surface area contributed by atoms with Gasteiger partial charge in [-0.25, -0.2) is 18.1 Å². The number of rotatable bonds is 4. The SMILES string of the molecule is N#Cc1cc(Br)cc(S(=O)(=O)NCC2CCn3ccnc3C2)c1. The van der Waals surface area contributed by atoms with Gasteiger partial charge in [-0.3, -0.25) is 0 Å². The van der Waals surface area contributed by atoms with Gasteiger partial charge in [0, 0.05) is 36.4 Å². The summed E-state index contributed by atoms with van der Waals surface area (Å²) < 4.78 is 30.2. The van der Waals surface area contributed by atoms with Gasteiger partial charge in [-0.15, -0.1) is 0 Å². The van der Waals surface area contributed by atoms with Crippen LogP contribution >= 0.6 is 15.9 Å². The zero-order valence-electron chi connectivity index (χ0n) is 12.2. The molecule has 2 aromatic rings. The molecule has 1 aliphatic rings. The van der Waals surface area contributed by atoms with Crippen molar-refractivity contribution in [3.05, 3.63) is 46.5 Å². The Balaban J connectivity index is 1.70. The van der Waals surface area contributed by atoms with Crippen molar-refractivity contribution in [3.8, 4) is 6.07 Å². The smallest absolute Gasteiger partial charge is 0.240 e. The van der Waals surface area contributed by atoms with E-state index in [-0.39, 0.29) is 10.8 Å². The van der Waals surface area contributed by atoms with Crippen molar-refractivity contribution in [2.24, 2.45) is 5.92 Å². The second kappa shape index (κ2) is 6.43. The zero-order chi connectivity index (χ0) is 16.4. The Bertz CT molecular complexity index is 870. The van der Waals surface area contributed by atoms with E-state index in [4.69, 9.17) is 5.26 Å². The van der Waals surface area contributed by atoms with Crippen LogP contribution in [0.25, 0.3) is 0 Å². The number of aromatic nitrogens is 2. The number of sulfonamides is 1. The van der Waals surface area contributed by atoms with Crippen LogP contribution in [-0.4, -0.2) is 24.5 Å². The number of nitrogens with zero attached hydrogens (tertiary/aromatic N) is 3. The molecular weight excluding hydrogens is 380 g/mol. The van der Waals surface area contributed by atoms with Crippen molar-refractivity contribution in [1.29, 1.82) is 5.26 Å². The van der Waals surface area contributed by atoms with Gasteiger partial charge in [0.1, 0.15) is 5.82 Å². The average molecular weight is 395 g/mol. The van der Waals surface area contributed by atoms with Crippen LogP contribution in [0.1, 0.15) is 17.8 Å². The molecule has 1 aromatic heterocycles. The predicted molar refractivity (Wildman–Crippen MR) is 88.1 cm³/mol. The first-order valence-corrected chi connectivity index (χ1v) is 9.46. The van der Waals surface area contributed by atoms with Crippen LogP contribution in [-0.2, 0) is 23.0 Å². The molecule has 1 unspecified atom stereocenters. The number of imidazole rings is 1. The van der Waals surface area contributed by atoms with Gasteiger partial charge in [-0.1, -0.05) is 15.9 Å². The van der Waals surface area contributed by atoms with Crippen molar-refractivity contribution in [3.63, 3.8) is 0 Å². The van der Waals surface area contributed by atoms with E-state index in [1.165, 1.54) is 12.1 Å². The Morgan fingerprint density at radius 3 is 3.04 bits per heavy atom. The monoisotopic (exact) mass is 394 g/mol. The summed E-state index contributed by atoms with van der Waals surface area (Å²) in [6.45, 7) is 1.22. The number of nitrogens with one attached hydrogen (secondary N) is 1. The lowest BCUT2D eigenvalue weighted by Gasteiger charge is -2.23. The van der Waals surface area contributed by atoms with E-state index >= 15 is 0 Å². The third kappa shape index (κ3) is 3.63. The summed E-state index contributed by atoms with van der Waals surface area (Å²) in [4.78, 5) is 4.39. The van der Waals surface area contributed by atoms with Crippen molar-refractivity contribution < 1.29 is 8.42 Å². The summed E-state index contributed by atoms with van der Waals surface area (Å²) in [7, 11) is -3.64. The van der Waals surface area contributed by atoms with Gasteiger partial charge in [0.2, 0.25) is 10.0 Å². The maximum atomic E-state index is 12.4. The number of hydrogen-bond acceptors (Lipinski definition) is 4. The Labute approximate surface area is 143 Å². The van der Waals surface area contributed by atoms with Crippen LogP contribution in [0.2, 0.25) is 0 Å². The molecule has 6 nitrogen and oxygen atoms in total. The van der Waals surface area contributed by atoms with Gasteiger partial charge in [-0.2, -0.15) is 5.26 Å². The molecule has 23 heavy (non-hydrogen) atoms. The Kier molecular flexibility index (Phi) is 4.53. The lowest BCUT2D eigenvalue weighted by Crippen LogP contribution is -2.33. The fraction of sp³-hybridized carbons (Fsp3) is 0.333. The molecule has 120 valence electrons. The van der Waals surface area contributed by atoms with Crippen molar-refractivity contribution in [2.75, 3.05) is 6.54 Å². The summed E-state index contributed by atoms with van der Waals surface area (Å²) in [6, 6.07) is 6.42. The van der Waals surface area contributed by atoms with Crippen LogP contribution in [0.5, 0.6) is 0 Å². The van der Waals surface area contributed by atoms with E-state index < -0.39 is 10.0 Å². The minimum absolute atomic E-state index is 0.0979. The minimum Gasteiger partial charge on any atom is -0.335 e. The van der Waals surface area contributed by atoms with Crippen LogP contribution in [0.4, 0.5) is 0 Å². The van der Waals surface area contributed by atoms with Gasteiger partial charge in [0.25, 0.3) is 0 Å². The molecule has 0 radical (unpaired) electrons. The first-order valence-electron chi connectivity index (χ1n) is 7.18. The number of halogens is 1. The highest BCUT2D eigenvalue weighted by molar-refractivity contribution is 9.10. The molecule has 0 aliphatic carbocycles. The first-order chi connectivity index (χ1) is 11.0. The lowest BCUT2D eigenvalue weighted by atomic mass is 9.98. The highest BCUT2D eigenvalue weighted by atomic mass is 79.9. The fourth-order valence-electron chi connectivity index (χ4n) is 2.68. The molecule has 0 fully saturated rings. The highest BCUT2D eigenvalue weighted by Gasteiger charge is 2.22. The largest absolute Gasteiger partial charge is 0.335 e. The first kappa shape index (κ1) is 16.2. The molecule has 0 amide bonds.